The topological polar surface area (TPSA) is 38.9 Å². The Morgan fingerprint density at radius 3 is 2.88 bits per heavy atom. The van der Waals surface area contributed by atoms with Crippen LogP contribution in [-0.4, -0.2) is 11.5 Å². The lowest BCUT2D eigenvalue weighted by molar-refractivity contribution is 0.635. The van der Waals surface area contributed by atoms with Crippen molar-refractivity contribution in [3.63, 3.8) is 0 Å². The van der Waals surface area contributed by atoms with E-state index in [4.69, 9.17) is 17.3 Å². The second-order valence-electron chi connectivity index (χ2n) is 3.28. The number of hydrogen-bond acceptors (Lipinski definition) is 2. The third kappa shape index (κ3) is 2.26. The van der Waals surface area contributed by atoms with Crippen LogP contribution in [0, 0.1) is 5.82 Å². The van der Waals surface area contributed by atoms with Gasteiger partial charge in [-0.1, -0.05) is 17.7 Å². The van der Waals surface area contributed by atoms with Crippen molar-refractivity contribution in [3.05, 3.63) is 40.8 Å². The maximum atomic E-state index is 13.7. The van der Waals surface area contributed by atoms with E-state index in [1.165, 1.54) is 0 Å². The number of benzene rings is 1. The number of aromatic nitrogens is 1. The summed E-state index contributed by atoms with van der Waals surface area (Å²) in [5, 5.41) is 0.884. The van der Waals surface area contributed by atoms with Gasteiger partial charge < -0.3 is 5.73 Å². The minimum Gasteiger partial charge on any atom is -0.330 e. The van der Waals surface area contributed by atoms with Crippen LogP contribution in [0.1, 0.15) is 5.56 Å². The van der Waals surface area contributed by atoms with Crippen molar-refractivity contribution in [1.29, 1.82) is 0 Å². The second kappa shape index (κ2) is 5.43. The summed E-state index contributed by atoms with van der Waals surface area (Å²) in [4.78, 5) is 3.95. The van der Waals surface area contributed by atoms with Crippen molar-refractivity contribution < 1.29 is 4.39 Å². The molecule has 0 aliphatic rings. The highest BCUT2D eigenvalue weighted by molar-refractivity contribution is 6.32. The van der Waals surface area contributed by atoms with Gasteiger partial charge in [-0.15, -0.1) is 12.4 Å². The van der Waals surface area contributed by atoms with E-state index < -0.39 is 5.82 Å². The first-order valence-electron chi connectivity index (χ1n) is 4.65. The predicted molar refractivity (Wildman–Crippen MR) is 66.7 cm³/mol. The Hall–Kier alpha value is -0.900. The number of rotatable bonds is 2. The van der Waals surface area contributed by atoms with E-state index in [0.717, 1.165) is 10.9 Å². The lowest BCUT2D eigenvalue weighted by atomic mass is 10.1. The molecule has 0 saturated carbocycles. The number of hydrogen-bond donors (Lipinski definition) is 1. The fourth-order valence-electron chi connectivity index (χ4n) is 1.55. The zero-order valence-corrected chi connectivity index (χ0v) is 9.98. The van der Waals surface area contributed by atoms with Crippen LogP contribution >= 0.6 is 24.0 Å². The average Bonchev–Trinajstić information content (AvgIpc) is 2.26. The van der Waals surface area contributed by atoms with Crippen molar-refractivity contribution in [3.8, 4) is 0 Å². The van der Waals surface area contributed by atoms with Gasteiger partial charge in [0, 0.05) is 11.6 Å². The van der Waals surface area contributed by atoms with Crippen molar-refractivity contribution in [1.82, 2.24) is 4.98 Å². The molecule has 0 atom stereocenters. The minimum absolute atomic E-state index is 0. The zero-order chi connectivity index (χ0) is 10.8. The monoisotopic (exact) mass is 260 g/mol. The Bertz CT molecular complexity index is 503. The Morgan fingerprint density at radius 1 is 1.44 bits per heavy atom. The summed E-state index contributed by atoms with van der Waals surface area (Å²) in [6.07, 6.45) is 2.12. The van der Waals surface area contributed by atoms with Crippen LogP contribution in [0.2, 0.25) is 5.02 Å². The zero-order valence-electron chi connectivity index (χ0n) is 8.41. The molecular weight excluding hydrogens is 250 g/mol. The third-order valence-corrected chi connectivity index (χ3v) is 2.67. The SMILES string of the molecule is Cl.NCCc1cc2cccnc2c(F)c1Cl. The van der Waals surface area contributed by atoms with Gasteiger partial charge in [0.2, 0.25) is 0 Å². The van der Waals surface area contributed by atoms with Gasteiger partial charge in [-0.3, -0.25) is 4.98 Å². The summed E-state index contributed by atoms with van der Waals surface area (Å²) in [7, 11) is 0. The van der Waals surface area contributed by atoms with Crippen LogP contribution in [0.4, 0.5) is 4.39 Å². The number of nitrogens with zero attached hydrogens (tertiary/aromatic N) is 1. The van der Waals surface area contributed by atoms with E-state index in [1.807, 2.05) is 12.1 Å². The summed E-state index contributed by atoms with van der Waals surface area (Å²) in [5.74, 6) is -0.460. The van der Waals surface area contributed by atoms with Crippen molar-refractivity contribution >= 4 is 34.9 Å². The van der Waals surface area contributed by atoms with Gasteiger partial charge in [0.05, 0.1) is 5.02 Å². The number of nitrogens with two attached hydrogens (primary N) is 1. The van der Waals surface area contributed by atoms with E-state index in [0.29, 0.717) is 18.5 Å². The highest BCUT2D eigenvalue weighted by Crippen LogP contribution is 2.27. The Morgan fingerprint density at radius 2 is 2.19 bits per heavy atom. The van der Waals surface area contributed by atoms with E-state index >= 15 is 0 Å². The molecule has 0 unspecified atom stereocenters. The maximum absolute atomic E-state index is 13.7. The number of halogens is 3. The van der Waals surface area contributed by atoms with Crippen molar-refractivity contribution in [2.75, 3.05) is 6.54 Å². The fourth-order valence-corrected chi connectivity index (χ4v) is 1.79. The quantitative estimate of drug-likeness (QED) is 0.902. The van der Waals surface area contributed by atoms with Gasteiger partial charge in [0.1, 0.15) is 5.52 Å². The number of pyridine rings is 1. The molecule has 2 N–H and O–H groups in total. The van der Waals surface area contributed by atoms with E-state index in [9.17, 15) is 4.39 Å². The molecule has 0 fully saturated rings. The summed E-state index contributed by atoms with van der Waals surface area (Å²) in [6.45, 7) is 0.449. The molecule has 0 saturated heterocycles. The molecule has 16 heavy (non-hydrogen) atoms. The van der Waals surface area contributed by atoms with Crippen LogP contribution in [0.25, 0.3) is 10.9 Å². The van der Waals surface area contributed by atoms with Crippen LogP contribution in [0.3, 0.4) is 0 Å². The first kappa shape index (κ1) is 13.2. The molecule has 0 aliphatic heterocycles. The van der Waals surface area contributed by atoms with E-state index in [1.54, 1.807) is 12.3 Å². The fraction of sp³-hybridized carbons (Fsp3) is 0.182. The highest BCUT2D eigenvalue weighted by Gasteiger charge is 2.11. The third-order valence-electron chi connectivity index (χ3n) is 2.26. The average molecular weight is 261 g/mol. The van der Waals surface area contributed by atoms with Crippen molar-refractivity contribution in [2.45, 2.75) is 6.42 Å². The molecule has 1 aromatic carbocycles. The van der Waals surface area contributed by atoms with Crippen LogP contribution in [0.5, 0.6) is 0 Å². The van der Waals surface area contributed by atoms with E-state index in [-0.39, 0.29) is 17.4 Å². The molecular formula is C11H11Cl2FN2. The maximum Gasteiger partial charge on any atom is 0.168 e. The van der Waals surface area contributed by atoms with Gasteiger partial charge in [-0.05, 0) is 30.7 Å². The molecule has 0 aliphatic carbocycles. The van der Waals surface area contributed by atoms with Gasteiger partial charge >= 0.3 is 0 Å². The summed E-state index contributed by atoms with van der Waals surface area (Å²) in [6, 6.07) is 5.41. The molecule has 1 aromatic heterocycles. The lowest BCUT2D eigenvalue weighted by Crippen LogP contribution is -2.04. The minimum atomic E-state index is -0.460. The van der Waals surface area contributed by atoms with Crippen LogP contribution in [0.15, 0.2) is 24.4 Å². The second-order valence-corrected chi connectivity index (χ2v) is 3.66. The van der Waals surface area contributed by atoms with Crippen LogP contribution in [-0.2, 0) is 6.42 Å². The highest BCUT2D eigenvalue weighted by atomic mass is 35.5. The smallest absolute Gasteiger partial charge is 0.168 e. The molecule has 0 spiro atoms. The predicted octanol–water partition coefficient (Wildman–Crippen LogP) is 2.95. The van der Waals surface area contributed by atoms with Crippen molar-refractivity contribution in [2.24, 2.45) is 5.73 Å². The molecule has 2 rings (SSSR count). The molecule has 2 nitrogen and oxygen atoms in total. The number of fused-ring (bicyclic) bond motifs is 1. The standard InChI is InChI=1S/C11H10ClFN2.ClH/c12-9-7(3-4-14)6-8-2-1-5-15-11(8)10(9)13;/h1-2,5-6H,3-4,14H2;1H. The molecule has 0 radical (unpaired) electrons. The largest absolute Gasteiger partial charge is 0.330 e. The Kier molecular flexibility index (Phi) is 4.47. The van der Waals surface area contributed by atoms with E-state index in [2.05, 4.69) is 4.98 Å². The summed E-state index contributed by atoms with van der Waals surface area (Å²) < 4.78 is 13.7. The van der Waals surface area contributed by atoms with Crippen LogP contribution < -0.4 is 5.73 Å². The van der Waals surface area contributed by atoms with Gasteiger partial charge in [-0.2, -0.15) is 0 Å². The lowest BCUT2D eigenvalue weighted by Gasteiger charge is -2.06. The summed E-state index contributed by atoms with van der Waals surface area (Å²) >= 11 is 5.88. The molecule has 86 valence electrons. The first-order chi connectivity index (χ1) is 7.24. The molecule has 1 heterocycles. The normalized spacial score (nSPS) is 10.2. The molecule has 2 aromatic rings. The summed E-state index contributed by atoms with van der Waals surface area (Å²) in [5.41, 5.74) is 6.47. The Labute approximate surface area is 104 Å². The molecule has 5 heteroatoms. The first-order valence-corrected chi connectivity index (χ1v) is 5.03. The van der Waals surface area contributed by atoms with Gasteiger partial charge in [-0.25, -0.2) is 4.39 Å². The molecule has 0 bridgehead atoms. The van der Waals surface area contributed by atoms with Gasteiger partial charge in [0.15, 0.2) is 5.82 Å². The van der Waals surface area contributed by atoms with Gasteiger partial charge in [0.25, 0.3) is 0 Å². The molecule has 0 amide bonds. The Balaban J connectivity index is 0.00000128.